The van der Waals surface area contributed by atoms with Crippen LogP contribution in [0, 0.1) is 27.7 Å². The first-order chi connectivity index (χ1) is 13.8. The van der Waals surface area contributed by atoms with Crippen molar-refractivity contribution in [2.45, 2.75) is 40.5 Å². The van der Waals surface area contributed by atoms with E-state index in [0.717, 1.165) is 33.2 Å². The summed E-state index contributed by atoms with van der Waals surface area (Å²) in [7, 11) is 0. The van der Waals surface area contributed by atoms with Crippen molar-refractivity contribution in [1.82, 2.24) is 0 Å². The van der Waals surface area contributed by atoms with E-state index in [-0.39, 0.29) is 12.3 Å². The topological polar surface area (TPSA) is 72.5 Å². The number of nitrogens with one attached hydrogen (secondary N) is 1. The monoisotopic (exact) mass is 389 g/mol. The van der Waals surface area contributed by atoms with Crippen LogP contribution in [0.25, 0.3) is 21.9 Å². The summed E-state index contributed by atoms with van der Waals surface area (Å²) < 4.78 is 11.0. The van der Waals surface area contributed by atoms with E-state index in [4.69, 9.17) is 8.83 Å². The lowest BCUT2D eigenvalue weighted by Gasteiger charge is -2.10. The van der Waals surface area contributed by atoms with Crippen molar-refractivity contribution in [1.29, 1.82) is 0 Å². The molecule has 0 saturated heterocycles. The molecule has 0 fully saturated rings. The molecule has 0 radical (unpaired) electrons. The van der Waals surface area contributed by atoms with Crippen LogP contribution in [0.5, 0.6) is 0 Å². The molecule has 1 N–H and O–H groups in total. The third-order valence-electron chi connectivity index (χ3n) is 5.57. The molecule has 2 heterocycles. The van der Waals surface area contributed by atoms with Gasteiger partial charge in [0.05, 0.1) is 6.26 Å². The maximum absolute atomic E-state index is 12.5. The quantitative estimate of drug-likeness (QED) is 0.478. The van der Waals surface area contributed by atoms with Crippen LogP contribution in [0.3, 0.4) is 0 Å². The number of benzene rings is 2. The average Bonchev–Trinajstić information content (AvgIpc) is 3.03. The number of aryl methyl sites for hydroxylation is 4. The molecule has 0 bridgehead atoms. The molecule has 1 amide bonds. The summed E-state index contributed by atoms with van der Waals surface area (Å²) in [6.07, 6.45) is 2.22. The van der Waals surface area contributed by atoms with Gasteiger partial charge in [-0.1, -0.05) is 6.07 Å². The van der Waals surface area contributed by atoms with Gasteiger partial charge in [-0.2, -0.15) is 0 Å². The van der Waals surface area contributed by atoms with Crippen LogP contribution < -0.4 is 10.9 Å². The van der Waals surface area contributed by atoms with Gasteiger partial charge in [0.2, 0.25) is 5.91 Å². The highest BCUT2D eigenvalue weighted by molar-refractivity contribution is 5.96. The lowest BCUT2D eigenvalue weighted by molar-refractivity contribution is -0.116. The zero-order chi connectivity index (χ0) is 20.7. The molecule has 0 aliphatic rings. The Morgan fingerprint density at radius 1 is 0.931 bits per heavy atom. The summed E-state index contributed by atoms with van der Waals surface area (Å²) in [5.41, 5.74) is 6.25. The van der Waals surface area contributed by atoms with Crippen molar-refractivity contribution in [2.24, 2.45) is 0 Å². The van der Waals surface area contributed by atoms with E-state index in [2.05, 4.69) is 5.32 Å². The summed E-state index contributed by atoms with van der Waals surface area (Å²) >= 11 is 0. The fraction of sp³-hybridized carbons (Fsp3) is 0.250. The van der Waals surface area contributed by atoms with Gasteiger partial charge in [0.25, 0.3) is 0 Å². The second kappa shape index (κ2) is 7.24. The summed E-state index contributed by atoms with van der Waals surface area (Å²) in [4.78, 5) is 24.9. The molecule has 4 aromatic rings. The number of carbonyl (C=O) groups excluding carboxylic acids is 1. The third-order valence-corrected chi connectivity index (χ3v) is 5.57. The summed E-state index contributed by atoms with van der Waals surface area (Å²) in [6, 6.07) is 9.55. The first-order valence-electron chi connectivity index (χ1n) is 9.64. The smallest absolute Gasteiger partial charge is 0.339 e. The van der Waals surface area contributed by atoms with Crippen LogP contribution in [0.15, 0.2) is 50.2 Å². The normalized spacial score (nSPS) is 11.3. The van der Waals surface area contributed by atoms with Gasteiger partial charge in [0, 0.05) is 34.5 Å². The number of rotatable bonds is 4. The molecule has 0 spiro atoms. The van der Waals surface area contributed by atoms with Crippen LogP contribution in [0.4, 0.5) is 5.69 Å². The Hall–Kier alpha value is -3.34. The maximum Gasteiger partial charge on any atom is 0.339 e. The lowest BCUT2D eigenvalue weighted by Crippen LogP contribution is -2.16. The third kappa shape index (κ3) is 3.56. The van der Waals surface area contributed by atoms with Crippen molar-refractivity contribution < 1.29 is 13.6 Å². The molecule has 0 atom stereocenters. The highest BCUT2D eigenvalue weighted by Gasteiger charge is 2.15. The number of hydrogen-bond donors (Lipinski definition) is 1. The van der Waals surface area contributed by atoms with E-state index in [0.29, 0.717) is 23.2 Å². The Morgan fingerprint density at radius 2 is 1.72 bits per heavy atom. The Bertz CT molecular complexity index is 1310. The van der Waals surface area contributed by atoms with Crippen molar-refractivity contribution in [3.05, 3.63) is 74.8 Å². The van der Waals surface area contributed by atoms with Crippen LogP contribution in [0.1, 0.15) is 34.2 Å². The van der Waals surface area contributed by atoms with Gasteiger partial charge in [-0.25, -0.2) is 4.79 Å². The van der Waals surface area contributed by atoms with Gasteiger partial charge in [0.15, 0.2) is 0 Å². The number of hydrogen-bond acceptors (Lipinski definition) is 4. The Labute approximate surface area is 168 Å². The van der Waals surface area contributed by atoms with Gasteiger partial charge >= 0.3 is 5.63 Å². The zero-order valence-corrected chi connectivity index (χ0v) is 17.0. The fourth-order valence-electron chi connectivity index (χ4n) is 3.61. The average molecular weight is 389 g/mol. The minimum atomic E-state index is -0.406. The Kier molecular flexibility index (Phi) is 4.74. The standard InChI is InChI=1S/C24H23NO4/c1-13-5-6-17(9-14(13)2)25-23(26)8-7-18-16(4)20-10-19-15(3)12-28-21(19)11-22(20)29-24(18)27/h5-6,9-12H,7-8H2,1-4H3,(H,25,26). The molecule has 148 valence electrons. The predicted molar refractivity (Wildman–Crippen MR) is 115 cm³/mol. The van der Waals surface area contributed by atoms with Crippen molar-refractivity contribution >= 4 is 33.5 Å². The van der Waals surface area contributed by atoms with Crippen molar-refractivity contribution in [2.75, 3.05) is 5.32 Å². The number of amides is 1. The van der Waals surface area contributed by atoms with E-state index in [9.17, 15) is 9.59 Å². The first-order valence-corrected chi connectivity index (χ1v) is 9.64. The van der Waals surface area contributed by atoms with Gasteiger partial charge in [-0.15, -0.1) is 0 Å². The Morgan fingerprint density at radius 3 is 2.48 bits per heavy atom. The molecular weight excluding hydrogens is 366 g/mol. The number of carbonyl (C=O) groups is 1. The molecule has 4 rings (SSSR count). The largest absolute Gasteiger partial charge is 0.464 e. The van der Waals surface area contributed by atoms with E-state index < -0.39 is 5.63 Å². The van der Waals surface area contributed by atoms with Gasteiger partial charge < -0.3 is 14.2 Å². The van der Waals surface area contributed by atoms with E-state index >= 15 is 0 Å². The molecule has 0 aliphatic carbocycles. The van der Waals surface area contributed by atoms with Crippen LogP contribution >= 0.6 is 0 Å². The maximum atomic E-state index is 12.5. The minimum absolute atomic E-state index is 0.131. The van der Waals surface area contributed by atoms with Crippen LogP contribution in [-0.2, 0) is 11.2 Å². The fourth-order valence-corrected chi connectivity index (χ4v) is 3.61. The van der Waals surface area contributed by atoms with E-state index in [1.54, 1.807) is 12.3 Å². The van der Waals surface area contributed by atoms with Gasteiger partial charge in [0.1, 0.15) is 11.2 Å². The highest BCUT2D eigenvalue weighted by Crippen LogP contribution is 2.29. The molecule has 0 saturated carbocycles. The van der Waals surface area contributed by atoms with Gasteiger partial charge in [-0.05, 0) is 74.6 Å². The highest BCUT2D eigenvalue weighted by atomic mass is 16.4. The molecule has 0 aliphatic heterocycles. The first kappa shape index (κ1) is 19.0. The minimum Gasteiger partial charge on any atom is -0.464 e. The molecule has 5 nitrogen and oxygen atoms in total. The number of anilines is 1. The molecular formula is C24H23NO4. The van der Waals surface area contributed by atoms with E-state index in [1.165, 1.54) is 5.56 Å². The van der Waals surface area contributed by atoms with Crippen LogP contribution in [0.2, 0.25) is 0 Å². The summed E-state index contributed by atoms with van der Waals surface area (Å²) in [5, 5.41) is 4.76. The molecule has 0 unspecified atom stereocenters. The van der Waals surface area contributed by atoms with Gasteiger partial charge in [-0.3, -0.25) is 4.79 Å². The molecule has 2 aromatic heterocycles. The van der Waals surface area contributed by atoms with Crippen molar-refractivity contribution in [3.63, 3.8) is 0 Å². The molecule has 5 heteroatoms. The number of furan rings is 1. The van der Waals surface area contributed by atoms with Crippen molar-refractivity contribution in [3.8, 4) is 0 Å². The SMILES string of the molecule is Cc1ccc(NC(=O)CCc2c(C)c3cc4c(C)coc4cc3oc2=O)cc1C. The second-order valence-corrected chi connectivity index (χ2v) is 7.60. The number of fused-ring (bicyclic) bond motifs is 2. The lowest BCUT2D eigenvalue weighted by atomic mass is 10.0. The molecule has 29 heavy (non-hydrogen) atoms. The second-order valence-electron chi connectivity index (χ2n) is 7.60. The predicted octanol–water partition coefficient (Wildman–Crippen LogP) is 5.34. The van der Waals surface area contributed by atoms with Crippen LogP contribution in [-0.4, -0.2) is 5.91 Å². The summed E-state index contributed by atoms with van der Waals surface area (Å²) in [5.74, 6) is -0.131. The molecule has 2 aromatic carbocycles. The Balaban J connectivity index is 1.59. The van der Waals surface area contributed by atoms with E-state index in [1.807, 2.05) is 52.0 Å². The summed E-state index contributed by atoms with van der Waals surface area (Å²) in [6.45, 7) is 7.91. The zero-order valence-electron chi connectivity index (χ0n) is 17.0.